The van der Waals surface area contributed by atoms with Crippen molar-refractivity contribution in [2.24, 2.45) is 0 Å². The number of para-hydroxylation sites is 2. The fourth-order valence-electron chi connectivity index (χ4n) is 6.40. The van der Waals surface area contributed by atoms with E-state index in [1.54, 1.807) is 0 Å². The summed E-state index contributed by atoms with van der Waals surface area (Å²) in [5, 5.41) is 5.98. The number of nitrogens with zero attached hydrogens (tertiary/aromatic N) is 1. The number of aryl methyl sites for hydroxylation is 1. The molecule has 0 atom stereocenters. The monoisotopic (exact) mass is 501 g/mol. The van der Waals surface area contributed by atoms with E-state index in [4.69, 9.17) is 8.83 Å². The van der Waals surface area contributed by atoms with E-state index in [-0.39, 0.29) is 0 Å². The van der Waals surface area contributed by atoms with Crippen LogP contribution >= 0.6 is 0 Å². The summed E-state index contributed by atoms with van der Waals surface area (Å²) in [7, 11) is 0. The largest absolute Gasteiger partial charge is 0.460 e. The maximum absolute atomic E-state index is 6.27. The fourth-order valence-corrected chi connectivity index (χ4v) is 6.40. The minimum atomic E-state index is 0.912. The number of fused-ring (bicyclic) bond motifs is 9. The molecule has 3 nitrogen and oxygen atoms in total. The first-order valence-corrected chi connectivity index (χ1v) is 13.5. The summed E-state index contributed by atoms with van der Waals surface area (Å²) in [4.78, 5) is 0. The van der Waals surface area contributed by atoms with Crippen molar-refractivity contribution < 1.29 is 8.83 Å². The lowest BCUT2D eigenvalue weighted by atomic mass is 9.99. The molecule has 1 aliphatic carbocycles. The van der Waals surface area contributed by atoms with Crippen molar-refractivity contribution in [1.82, 2.24) is 4.57 Å². The van der Waals surface area contributed by atoms with Gasteiger partial charge in [-0.3, -0.25) is 0 Å². The molecule has 0 aliphatic heterocycles. The first-order chi connectivity index (χ1) is 19.3. The summed E-state index contributed by atoms with van der Waals surface area (Å²) in [6.07, 6.45) is 6.47. The summed E-state index contributed by atoms with van der Waals surface area (Å²) in [5.41, 5.74) is 9.89. The highest BCUT2D eigenvalue weighted by Gasteiger charge is 2.17. The second kappa shape index (κ2) is 7.75. The Kier molecular flexibility index (Phi) is 4.17. The lowest BCUT2D eigenvalue weighted by Crippen LogP contribution is -1.93. The molecule has 0 fully saturated rings. The van der Waals surface area contributed by atoms with Crippen LogP contribution in [0.2, 0.25) is 0 Å². The van der Waals surface area contributed by atoms with Gasteiger partial charge in [-0.1, -0.05) is 66.7 Å². The van der Waals surface area contributed by atoms with E-state index in [9.17, 15) is 0 Å². The number of rotatable bonds is 2. The van der Waals surface area contributed by atoms with Crippen molar-refractivity contribution in [2.45, 2.75) is 12.8 Å². The molecule has 0 radical (unpaired) electrons. The molecule has 3 heteroatoms. The van der Waals surface area contributed by atoms with E-state index in [1.807, 2.05) is 12.1 Å². The number of benzene rings is 5. The molecule has 5 aromatic carbocycles. The van der Waals surface area contributed by atoms with Gasteiger partial charge in [0.05, 0.1) is 11.0 Å². The maximum atomic E-state index is 6.27. The normalized spacial score (nSPS) is 13.3. The summed E-state index contributed by atoms with van der Waals surface area (Å²) in [5.74, 6) is 1.10. The van der Waals surface area contributed by atoms with Gasteiger partial charge >= 0.3 is 0 Å². The lowest BCUT2D eigenvalue weighted by Gasteiger charge is -2.10. The SMILES string of the molecule is C1=Cc2c(oc3ccc(-c4ccc(-n5c6ccccc6c6cc7c(cc65)oc5ccccc57)cc4)cc23)CC1. The Balaban J connectivity index is 1.22. The van der Waals surface area contributed by atoms with Crippen LogP contribution in [0.5, 0.6) is 0 Å². The number of aromatic nitrogens is 1. The van der Waals surface area contributed by atoms with Crippen LogP contribution in [0.4, 0.5) is 0 Å². The van der Waals surface area contributed by atoms with E-state index >= 15 is 0 Å². The molecule has 184 valence electrons. The Morgan fingerprint density at radius 3 is 2.26 bits per heavy atom. The molecule has 0 saturated heterocycles. The van der Waals surface area contributed by atoms with Gasteiger partial charge in [0.15, 0.2) is 0 Å². The smallest absolute Gasteiger partial charge is 0.137 e. The van der Waals surface area contributed by atoms with Gasteiger partial charge < -0.3 is 13.4 Å². The Morgan fingerprint density at radius 1 is 0.538 bits per heavy atom. The second-order valence-electron chi connectivity index (χ2n) is 10.5. The molecule has 8 aromatic rings. The summed E-state index contributed by atoms with van der Waals surface area (Å²) in [6.45, 7) is 0. The third-order valence-corrected chi connectivity index (χ3v) is 8.26. The highest BCUT2D eigenvalue weighted by molar-refractivity contribution is 6.17. The van der Waals surface area contributed by atoms with Gasteiger partial charge in [-0.2, -0.15) is 0 Å². The molecule has 39 heavy (non-hydrogen) atoms. The Labute approximate surface area is 224 Å². The quantitative estimate of drug-likeness (QED) is 0.236. The number of furan rings is 2. The molecule has 0 spiro atoms. The van der Waals surface area contributed by atoms with Crippen molar-refractivity contribution in [3.8, 4) is 16.8 Å². The van der Waals surface area contributed by atoms with Gasteiger partial charge in [0.25, 0.3) is 0 Å². The summed E-state index contributed by atoms with van der Waals surface area (Å²) < 4.78 is 14.7. The minimum absolute atomic E-state index is 0.912. The standard InChI is InChI=1S/C36H23NO2/c1-4-10-31-25(7-1)28-20-30-27-9-3-6-12-34(27)39-36(30)21-32(28)37(31)24-16-13-22(14-17-24)23-15-18-35-29(19-23)26-8-2-5-11-33(26)38-35/h1-4,6-10,12-21H,5,11H2. The summed E-state index contributed by atoms with van der Waals surface area (Å²) >= 11 is 0. The van der Waals surface area contributed by atoms with Gasteiger partial charge in [0.1, 0.15) is 22.5 Å². The van der Waals surface area contributed by atoms with Gasteiger partial charge in [-0.05, 0) is 60.0 Å². The maximum Gasteiger partial charge on any atom is 0.137 e. The van der Waals surface area contributed by atoms with E-state index < -0.39 is 0 Å². The van der Waals surface area contributed by atoms with E-state index in [0.717, 1.165) is 57.3 Å². The van der Waals surface area contributed by atoms with E-state index in [0.29, 0.717) is 0 Å². The Morgan fingerprint density at radius 2 is 1.33 bits per heavy atom. The molecule has 1 aliphatic rings. The zero-order chi connectivity index (χ0) is 25.5. The van der Waals surface area contributed by atoms with Crippen LogP contribution < -0.4 is 0 Å². The van der Waals surface area contributed by atoms with Crippen LogP contribution in [0.25, 0.3) is 77.6 Å². The van der Waals surface area contributed by atoms with Gasteiger partial charge in [0.2, 0.25) is 0 Å². The molecule has 0 bridgehead atoms. The van der Waals surface area contributed by atoms with Crippen molar-refractivity contribution in [3.05, 3.63) is 121 Å². The highest BCUT2D eigenvalue weighted by atomic mass is 16.3. The molecule has 3 heterocycles. The van der Waals surface area contributed by atoms with Gasteiger partial charge in [-0.15, -0.1) is 0 Å². The average molecular weight is 502 g/mol. The van der Waals surface area contributed by atoms with Crippen molar-refractivity contribution in [2.75, 3.05) is 0 Å². The Hall–Kier alpha value is -5.02. The van der Waals surface area contributed by atoms with Gasteiger partial charge in [0, 0.05) is 50.7 Å². The molecule has 0 unspecified atom stereocenters. The summed E-state index contributed by atoms with van der Waals surface area (Å²) in [6, 6.07) is 36.8. The Bertz CT molecular complexity index is 2270. The first-order valence-electron chi connectivity index (χ1n) is 13.5. The topological polar surface area (TPSA) is 31.2 Å². The number of hydrogen-bond donors (Lipinski definition) is 0. The predicted molar refractivity (Wildman–Crippen MR) is 161 cm³/mol. The third-order valence-electron chi connectivity index (χ3n) is 8.26. The predicted octanol–water partition coefficient (Wildman–Crippen LogP) is 10.1. The molecular formula is C36H23NO2. The minimum Gasteiger partial charge on any atom is -0.460 e. The highest BCUT2D eigenvalue weighted by Crippen LogP contribution is 2.39. The van der Waals surface area contributed by atoms with Crippen molar-refractivity contribution in [1.29, 1.82) is 0 Å². The third kappa shape index (κ3) is 2.98. The first kappa shape index (κ1) is 21.0. The molecule has 3 aromatic heterocycles. The second-order valence-corrected chi connectivity index (χ2v) is 10.5. The van der Waals surface area contributed by atoms with Crippen LogP contribution in [-0.2, 0) is 6.42 Å². The van der Waals surface area contributed by atoms with Gasteiger partial charge in [-0.25, -0.2) is 0 Å². The zero-order valence-corrected chi connectivity index (χ0v) is 21.1. The molecule has 9 rings (SSSR count). The number of hydrogen-bond acceptors (Lipinski definition) is 2. The van der Waals surface area contributed by atoms with E-state index in [1.165, 1.54) is 38.4 Å². The zero-order valence-electron chi connectivity index (χ0n) is 21.1. The fraction of sp³-hybridized carbons (Fsp3) is 0.0556. The van der Waals surface area contributed by atoms with Crippen LogP contribution in [0, 0.1) is 0 Å². The average Bonchev–Trinajstić information content (AvgIpc) is 3.65. The van der Waals surface area contributed by atoms with Crippen LogP contribution in [0.3, 0.4) is 0 Å². The molecule has 0 saturated carbocycles. The van der Waals surface area contributed by atoms with Crippen molar-refractivity contribution >= 4 is 60.8 Å². The number of allylic oxidation sites excluding steroid dienone is 1. The van der Waals surface area contributed by atoms with Crippen molar-refractivity contribution in [3.63, 3.8) is 0 Å². The molecular weight excluding hydrogens is 478 g/mol. The van der Waals surface area contributed by atoms with Crippen LogP contribution in [0.15, 0.2) is 118 Å². The molecule has 0 amide bonds. The van der Waals surface area contributed by atoms with E-state index in [2.05, 4.69) is 108 Å². The molecule has 0 N–H and O–H groups in total. The lowest BCUT2D eigenvalue weighted by molar-refractivity contribution is 0.546. The van der Waals surface area contributed by atoms with Crippen LogP contribution in [0.1, 0.15) is 17.7 Å². The van der Waals surface area contributed by atoms with Crippen LogP contribution in [-0.4, -0.2) is 4.57 Å².